The number of hydrogen-bond donors (Lipinski definition) is 2. The minimum atomic E-state index is -4.68. The van der Waals surface area contributed by atoms with Crippen molar-refractivity contribution in [2.24, 2.45) is 11.8 Å². The number of urea groups is 1. The Morgan fingerprint density at radius 3 is 2.62 bits per heavy atom. The van der Waals surface area contributed by atoms with Gasteiger partial charge in [-0.3, -0.25) is 4.79 Å². The molecule has 2 N–H and O–H groups in total. The Balaban J connectivity index is 2.06. The van der Waals surface area contributed by atoms with Gasteiger partial charge in [0.2, 0.25) is 0 Å². The molecule has 0 aromatic heterocycles. The summed E-state index contributed by atoms with van der Waals surface area (Å²) < 4.78 is 44.6. The fourth-order valence-corrected chi connectivity index (χ4v) is 2.72. The third-order valence-corrected chi connectivity index (χ3v) is 4.34. The molecule has 1 unspecified atom stereocenters. The normalized spacial score (nSPS) is 21.3. The molecule has 2 rings (SSSR count). The van der Waals surface area contributed by atoms with Gasteiger partial charge in [0.1, 0.15) is 5.75 Å². The summed E-state index contributed by atoms with van der Waals surface area (Å²) in [5.41, 5.74) is 0.359. The fraction of sp³-hybridized carbons (Fsp3) is 0.529. The van der Waals surface area contributed by atoms with Gasteiger partial charge in [-0.25, -0.2) is 4.79 Å². The van der Waals surface area contributed by atoms with Crippen molar-refractivity contribution in [3.63, 3.8) is 0 Å². The van der Waals surface area contributed by atoms with E-state index in [0.29, 0.717) is 11.4 Å². The summed E-state index contributed by atoms with van der Waals surface area (Å²) in [6, 6.07) is 5.72. The van der Waals surface area contributed by atoms with E-state index in [2.05, 4.69) is 5.32 Å². The molecule has 0 bridgehead atoms. The molecule has 1 aliphatic rings. The van der Waals surface area contributed by atoms with Gasteiger partial charge in [0.25, 0.3) is 0 Å². The summed E-state index contributed by atoms with van der Waals surface area (Å²) in [4.78, 5) is 24.2. The Hall–Kier alpha value is -2.45. The number of benzene rings is 1. The number of amides is 2. The first-order valence-electron chi connectivity index (χ1n) is 8.24. The molecule has 1 aliphatic heterocycles. The van der Waals surface area contributed by atoms with Crippen LogP contribution in [0, 0.1) is 11.8 Å². The van der Waals surface area contributed by atoms with Crippen LogP contribution in [0.15, 0.2) is 24.3 Å². The minimum Gasteiger partial charge on any atom is -0.491 e. The zero-order valence-electron chi connectivity index (χ0n) is 14.4. The van der Waals surface area contributed by atoms with E-state index in [1.807, 2.05) is 13.8 Å². The molecule has 2 amide bonds. The van der Waals surface area contributed by atoms with Crippen LogP contribution in [0.1, 0.15) is 20.3 Å². The van der Waals surface area contributed by atoms with Crippen LogP contribution in [0.4, 0.5) is 23.7 Å². The van der Waals surface area contributed by atoms with Crippen molar-refractivity contribution in [3.8, 4) is 5.75 Å². The Kier molecular flexibility index (Phi) is 5.99. The highest BCUT2D eigenvalue weighted by atomic mass is 19.4. The topological polar surface area (TPSA) is 78.9 Å². The van der Waals surface area contributed by atoms with Gasteiger partial charge in [-0.2, -0.15) is 13.2 Å². The Bertz CT molecular complexity index is 666. The van der Waals surface area contributed by atoms with Crippen LogP contribution in [0.25, 0.3) is 0 Å². The second kappa shape index (κ2) is 7.84. The number of likely N-dealkylation sites (tertiary alicyclic amines) is 1. The van der Waals surface area contributed by atoms with Crippen molar-refractivity contribution in [1.82, 2.24) is 4.90 Å². The molecular weight excluding hydrogens is 353 g/mol. The standard InChI is InChI=1S/C17H21F3N2O4/c1-3-10(2)26-12-6-4-5-11(7-12)21-16(25)22-8-13(15(23)24)14(9-22)17(18,19)20/h4-7,10,13-14H,3,8-9H2,1-2H3,(H,21,25)(H,23,24)/t10?,13-,14-/m1/s1. The first-order chi connectivity index (χ1) is 12.1. The van der Waals surface area contributed by atoms with Crippen LogP contribution >= 0.6 is 0 Å². The second-order valence-electron chi connectivity index (χ2n) is 6.29. The van der Waals surface area contributed by atoms with E-state index in [1.165, 1.54) is 0 Å². The molecule has 1 aromatic rings. The number of carbonyl (C=O) groups excluding carboxylic acids is 1. The maximum absolute atomic E-state index is 13.0. The van der Waals surface area contributed by atoms with Gasteiger partial charge in [-0.1, -0.05) is 13.0 Å². The second-order valence-corrected chi connectivity index (χ2v) is 6.29. The summed E-state index contributed by atoms with van der Waals surface area (Å²) >= 11 is 0. The van der Waals surface area contributed by atoms with Crippen LogP contribution in [0.3, 0.4) is 0 Å². The molecule has 0 radical (unpaired) electrons. The number of anilines is 1. The number of nitrogens with zero attached hydrogens (tertiary/aromatic N) is 1. The van der Waals surface area contributed by atoms with E-state index >= 15 is 0 Å². The van der Waals surface area contributed by atoms with Crippen molar-refractivity contribution >= 4 is 17.7 Å². The summed E-state index contributed by atoms with van der Waals surface area (Å²) in [6.07, 6.45) is -3.91. The van der Waals surface area contributed by atoms with Crippen molar-refractivity contribution in [1.29, 1.82) is 0 Å². The molecule has 1 saturated heterocycles. The van der Waals surface area contributed by atoms with E-state index < -0.39 is 43.1 Å². The number of carboxylic acids is 1. The Morgan fingerprint density at radius 2 is 2.08 bits per heavy atom. The lowest BCUT2D eigenvalue weighted by Crippen LogP contribution is -2.35. The molecule has 3 atom stereocenters. The summed E-state index contributed by atoms with van der Waals surface area (Å²) in [5, 5.41) is 11.5. The van der Waals surface area contributed by atoms with E-state index in [1.54, 1.807) is 24.3 Å². The average molecular weight is 374 g/mol. The number of hydrogen-bond acceptors (Lipinski definition) is 3. The van der Waals surface area contributed by atoms with Crippen molar-refractivity contribution in [2.75, 3.05) is 18.4 Å². The van der Waals surface area contributed by atoms with Crippen molar-refractivity contribution in [3.05, 3.63) is 24.3 Å². The highest BCUT2D eigenvalue weighted by Gasteiger charge is 2.53. The average Bonchev–Trinajstić information content (AvgIpc) is 3.01. The zero-order valence-corrected chi connectivity index (χ0v) is 14.4. The molecule has 1 aromatic carbocycles. The first kappa shape index (κ1) is 19.9. The van der Waals surface area contributed by atoms with Gasteiger partial charge < -0.3 is 20.1 Å². The number of nitrogens with one attached hydrogen (secondary N) is 1. The predicted molar refractivity (Wildman–Crippen MR) is 88.1 cm³/mol. The van der Waals surface area contributed by atoms with Crippen LogP contribution in [0.2, 0.25) is 0 Å². The smallest absolute Gasteiger partial charge is 0.394 e. The highest BCUT2D eigenvalue weighted by Crippen LogP contribution is 2.38. The maximum atomic E-state index is 13.0. The number of rotatable bonds is 5. The molecule has 144 valence electrons. The van der Waals surface area contributed by atoms with E-state index in [-0.39, 0.29) is 6.10 Å². The quantitative estimate of drug-likeness (QED) is 0.826. The third-order valence-electron chi connectivity index (χ3n) is 4.34. The first-order valence-corrected chi connectivity index (χ1v) is 8.24. The molecule has 1 fully saturated rings. The van der Waals surface area contributed by atoms with Crippen LogP contribution < -0.4 is 10.1 Å². The van der Waals surface area contributed by atoms with Crippen LogP contribution in [-0.4, -0.2) is 47.4 Å². The Labute approximate surface area is 148 Å². The minimum absolute atomic E-state index is 0.0246. The lowest BCUT2D eigenvalue weighted by Gasteiger charge is -2.19. The molecule has 0 aliphatic carbocycles. The molecule has 6 nitrogen and oxygen atoms in total. The van der Waals surface area contributed by atoms with Crippen LogP contribution in [0.5, 0.6) is 5.75 Å². The van der Waals surface area contributed by atoms with Gasteiger partial charge >= 0.3 is 18.2 Å². The van der Waals surface area contributed by atoms with Gasteiger partial charge in [0.05, 0.1) is 17.9 Å². The lowest BCUT2D eigenvalue weighted by atomic mass is 9.96. The molecule has 0 saturated carbocycles. The van der Waals surface area contributed by atoms with Gasteiger partial charge in [0, 0.05) is 24.8 Å². The molecule has 26 heavy (non-hydrogen) atoms. The third kappa shape index (κ3) is 4.80. The summed E-state index contributed by atoms with van der Waals surface area (Å²) in [7, 11) is 0. The zero-order chi connectivity index (χ0) is 19.5. The number of alkyl halides is 3. The van der Waals surface area contributed by atoms with Gasteiger partial charge in [-0.15, -0.1) is 0 Å². The monoisotopic (exact) mass is 374 g/mol. The molecule has 9 heteroatoms. The number of carboxylic acid groups (broad SMARTS) is 1. The number of halogens is 3. The highest BCUT2D eigenvalue weighted by molar-refractivity contribution is 5.90. The van der Waals surface area contributed by atoms with Gasteiger partial charge in [0.15, 0.2) is 0 Å². The number of carbonyl (C=O) groups is 2. The summed E-state index contributed by atoms with van der Waals surface area (Å²) in [5.74, 6) is -4.78. The largest absolute Gasteiger partial charge is 0.491 e. The van der Waals surface area contributed by atoms with E-state index in [0.717, 1.165) is 11.3 Å². The fourth-order valence-electron chi connectivity index (χ4n) is 2.72. The lowest BCUT2D eigenvalue weighted by molar-refractivity contribution is -0.187. The maximum Gasteiger partial charge on any atom is 0.394 e. The van der Waals surface area contributed by atoms with Crippen LogP contribution in [-0.2, 0) is 4.79 Å². The molecule has 1 heterocycles. The number of ether oxygens (including phenoxy) is 1. The van der Waals surface area contributed by atoms with E-state index in [4.69, 9.17) is 9.84 Å². The van der Waals surface area contributed by atoms with Gasteiger partial charge in [-0.05, 0) is 25.5 Å². The van der Waals surface area contributed by atoms with E-state index in [9.17, 15) is 22.8 Å². The Morgan fingerprint density at radius 1 is 1.38 bits per heavy atom. The number of aliphatic carboxylic acids is 1. The molecule has 0 spiro atoms. The molecular formula is C17H21F3N2O4. The van der Waals surface area contributed by atoms with Crippen molar-refractivity contribution in [2.45, 2.75) is 32.5 Å². The summed E-state index contributed by atoms with van der Waals surface area (Å²) in [6.45, 7) is 2.67. The van der Waals surface area contributed by atoms with Crippen molar-refractivity contribution < 1.29 is 32.6 Å². The predicted octanol–water partition coefficient (Wildman–Crippen LogP) is 3.59. The SMILES string of the molecule is CCC(C)Oc1cccc(NC(=O)N2C[C@@H](C(F)(F)F)[C@H](C(=O)O)C2)c1.